The lowest BCUT2D eigenvalue weighted by Crippen LogP contribution is -2.47. The summed E-state index contributed by atoms with van der Waals surface area (Å²) in [6.45, 7) is 0. The number of fused-ring (bicyclic) bond motifs is 2. The smallest absolute Gasteiger partial charge is 0.237 e. The Kier molecular flexibility index (Phi) is 1.21. The number of aromatic nitrogens is 1. The summed E-state index contributed by atoms with van der Waals surface area (Å²) in [5.41, 5.74) is 0.297. The maximum Gasteiger partial charge on any atom is 0.237 e. The Morgan fingerprint density at radius 1 is 1.36 bits per heavy atom. The number of amides is 1. The highest BCUT2D eigenvalue weighted by Gasteiger charge is 2.55. The minimum atomic E-state index is -0.583. The van der Waals surface area contributed by atoms with Crippen molar-refractivity contribution in [2.45, 2.75) is 18.3 Å². The van der Waals surface area contributed by atoms with Crippen LogP contribution in [-0.4, -0.2) is 16.7 Å². The van der Waals surface area contributed by atoms with Crippen molar-refractivity contribution in [2.24, 2.45) is 0 Å². The fourth-order valence-corrected chi connectivity index (χ4v) is 2.21. The molecule has 0 atom stereocenters. The fraction of sp³-hybridized carbons (Fsp3) is 0.300. The zero-order valence-electron chi connectivity index (χ0n) is 7.41. The normalized spacial score (nSPS) is 21.7. The molecule has 1 aromatic heterocycles. The number of nitrogens with zero attached hydrogens (tertiary/aromatic N) is 1. The van der Waals surface area contributed by atoms with Crippen molar-refractivity contribution in [1.29, 1.82) is 0 Å². The van der Waals surface area contributed by atoms with Crippen LogP contribution < -0.4 is 5.32 Å². The van der Waals surface area contributed by atoms with Crippen LogP contribution in [0.2, 0.25) is 0 Å². The summed E-state index contributed by atoms with van der Waals surface area (Å²) in [7, 11) is 0. The first kappa shape index (κ1) is 7.67. The molecule has 1 fully saturated rings. The van der Waals surface area contributed by atoms with Gasteiger partial charge in [-0.25, -0.2) is 4.98 Å². The average molecular weight is 188 g/mol. The molecular formula is C10H8N2O2. The van der Waals surface area contributed by atoms with Gasteiger partial charge >= 0.3 is 0 Å². The second kappa shape index (κ2) is 2.20. The summed E-state index contributed by atoms with van der Waals surface area (Å²) in [6.07, 6.45) is 2.30. The number of pyridine rings is 1. The van der Waals surface area contributed by atoms with Crippen LogP contribution in [-0.2, 0) is 15.0 Å². The molecule has 4 nitrogen and oxygen atoms in total. The van der Waals surface area contributed by atoms with E-state index < -0.39 is 5.41 Å². The first-order valence-corrected chi connectivity index (χ1v) is 4.51. The van der Waals surface area contributed by atoms with Crippen molar-refractivity contribution < 1.29 is 9.59 Å². The van der Waals surface area contributed by atoms with Gasteiger partial charge in [-0.3, -0.25) is 9.59 Å². The van der Waals surface area contributed by atoms with E-state index >= 15 is 0 Å². The molecule has 0 aromatic carbocycles. The van der Waals surface area contributed by atoms with E-state index in [1.807, 2.05) is 6.07 Å². The molecule has 0 saturated heterocycles. The Labute approximate surface area is 80.3 Å². The van der Waals surface area contributed by atoms with E-state index in [1.165, 1.54) is 0 Å². The molecule has 3 rings (SSSR count). The van der Waals surface area contributed by atoms with Crippen LogP contribution in [0.4, 0.5) is 5.82 Å². The van der Waals surface area contributed by atoms with Crippen LogP contribution in [0.15, 0.2) is 18.3 Å². The zero-order valence-corrected chi connectivity index (χ0v) is 7.41. The van der Waals surface area contributed by atoms with Crippen LogP contribution >= 0.6 is 0 Å². The quantitative estimate of drug-likeness (QED) is 0.649. The Morgan fingerprint density at radius 2 is 2.14 bits per heavy atom. The molecule has 4 heteroatoms. The van der Waals surface area contributed by atoms with E-state index in [4.69, 9.17) is 0 Å². The molecule has 0 radical (unpaired) electrons. The van der Waals surface area contributed by atoms with Crippen molar-refractivity contribution in [3.8, 4) is 0 Å². The third-order valence-electron chi connectivity index (χ3n) is 2.99. The molecule has 14 heavy (non-hydrogen) atoms. The predicted molar refractivity (Wildman–Crippen MR) is 48.8 cm³/mol. The van der Waals surface area contributed by atoms with Gasteiger partial charge in [0.15, 0.2) is 0 Å². The lowest BCUT2D eigenvalue weighted by molar-refractivity contribution is -0.137. The van der Waals surface area contributed by atoms with Crippen molar-refractivity contribution in [3.05, 3.63) is 23.9 Å². The van der Waals surface area contributed by atoms with Gasteiger partial charge in [-0.15, -0.1) is 0 Å². The van der Waals surface area contributed by atoms with Gasteiger partial charge < -0.3 is 5.32 Å². The molecule has 1 N–H and O–H groups in total. The van der Waals surface area contributed by atoms with Gasteiger partial charge in [0.1, 0.15) is 11.6 Å². The fourth-order valence-electron chi connectivity index (χ4n) is 2.21. The minimum absolute atomic E-state index is 0.0780. The SMILES string of the molecule is O=C1CC2(C1)C(=O)Nc1ncccc12. The second-order valence-electron chi connectivity index (χ2n) is 3.83. The number of carbonyl (C=O) groups is 2. The third-order valence-corrected chi connectivity index (χ3v) is 2.99. The molecule has 1 saturated carbocycles. The average Bonchev–Trinajstić information content (AvgIpc) is 2.40. The molecule has 1 aliphatic carbocycles. The minimum Gasteiger partial charge on any atom is -0.310 e. The molecule has 1 aliphatic heterocycles. The van der Waals surface area contributed by atoms with E-state index in [1.54, 1.807) is 12.3 Å². The van der Waals surface area contributed by atoms with Crippen molar-refractivity contribution in [1.82, 2.24) is 4.98 Å². The van der Waals surface area contributed by atoms with Crippen LogP contribution in [0.5, 0.6) is 0 Å². The summed E-state index contributed by atoms with van der Waals surface area (Å²) in [5.74, 6) is 0.688. The standard InChI is InChI=1S/C10H8N2O2/c13-6-4-10(5-6)7-2-1-3-11-8(7)12-9(10)14/h1-3H,4-5H2,(H,11,12,14). The molecule has 2 heterocycles. The van der Waals surface area contributed by atoms with E-state index in [9.17, 15) is 9.59 Å². The summed E-state index contributed by atoms with van der Waals surface area (Å²) >= 11 is 0. The van der Waals surface area contributed by atoms with Crippen LogP contribution in [0, 0.1) is 0 Å². The molecular weight excluding hydrogens is 180 g/mol. The molecule has 1 amide bonds. The molecule has 1 aromatic rings. The summed E-state index contributed by atoms with van der Waals surface area (Å²) in [5, 5.41) is 2.71. The van der Waals surface area contributed by atoms with E-state index in [0.29, 0.717) is 18.7 Å². The van der Waals surface area contributed by atoms with E-state index in [2.05, 4.69) is 10.3 Å². The van der Waals surface area contributed by atoms with Crippen molar-refractivity contribution in [3.63, 3.8) is 0 Å². The Hall–Kier alpha value is -1.71. The second-order valence-corrected chi connectivity index (χ2v) is 3.83. The van der Waals surface area contributed by atoms with Crippen molar-refractivity contribution in [2.75, 3.05) is 5.32 Å². The summed E-state index contributed by atoms with van der Waals surface area (Å²) < 4.78 is 0. The largest absolute Gasteiger partial charge is 0.310 e. The summed E-state index contributed by atoms with van der Waals surface area (Å²) in [6, 6.07) is 3.66. The van der Waals surface area contributed by atoms with Crippen molar-refractivity contribution >= 4 is 17.5 Å². The van der Waals surface area contributed by atoms with Crippen LogP contribution in [0.1, 0.15) is 18.4 Å². The number of nitrogens with one attached hydrogen (secondary N) is 1. The molecule has 0 bridgehead atoms. The van der Waals surface area contributed by atoms with Gasteiger partial charge in [0.2, 0.25) is 5.91 Å². The highest BCUT2D eigenvalue weighted by molar-refractivity contribution is 6.13. The highest BCUT2D eigenvalue weighted by atomic mass is 16.2. The Morgan fingerprint density at radius 3 is 2.86 bits per heavy atom. The molecule has 1 spiro atoms. The Balaban J connectivity index is 2.16. The van der Waals surface area contributed by atoms with Gasteiger partial charge in [-0.2, -0.15) is 0 Å². The first-order chi connectivity index (χ1) is 6.72. The monoisotopic (exact) mass is 188 g/mol. The van der Waals surface area contributed by atoms with Gasteiger partial charge in [0.25, 0.3) is 0 Å². The van der Waals surface area contributed by atoms with Gasteiger partial charge in [-0.05, 0) is 6.07 Å². The third kappa shape index (κ3) is 0.713. The predicted octanol–water partition coefficient (Wildman–Crippen LogP) is 0.634. The lowest BCUT2D eigenvalue weighted by atomic mass is 9.64. The highest BCUT2D eigenvalue weighted by Crippen LogP contribution is 2.48. The maximum atomic E-state index is 11.7. The number of hydrogen-bond acceptors (Lipinski definition) is 3. The Bertz CT molecular complexity index is 445. The number of carbonyl (C=O) groups excluding carboxylic acids is 2. The van der Waals surface area contributed by atoms with Gasteiger partial charge in [-0.1, -0.05) is 6.07 Å². The number of Topliss-reactive ketones (excluding diaryl/α,β-unsaturated/α-hetero) is 1. The number of hydrogen-bond donors (Lipinski definition) is 1. The topological polar surface area (TPSA) is 59.1 Å². The molecule has 0 unspecified atom stereocenters. The summed E-state index contributed by atoms with van der Waals surface area (Å²) in [4.78, 5) is 26.8. The zero-order chi connectivity index (χ0) is 9.76. The van der Waals surface area contributed by atoms with Crippen LogP contribution in [0.3, 0.4) is 0 Å². The molecule has 2 aliphatic rings. The number of ketones is 1. The lowest BCUT2D eigenvalue weighted by Gasteiger charge is -2.34. The van der Waals surface area contributed by atoms with E-state index in [-0.39, 0.29) is 11.7 Å². The van der Waals surface area contributed by atoms with Gasteiger partial charge in [0, 0.05) is 24.6 Å². The number of anilines is 1. The number of rotatable bonds is 0. The maximum absolute atomic E-state index is 11.7. The van der Waals surface area contributed by atoms with E-state index in [0.717, 1.165) is 5.56 Å². The molecule has 70 valence electrons. The van der Waals surface area contributed by atoms with Crippen LogP contribution in [0.25, 0.3) is 0 Å². The first-order valence-electron chi connectivity index (χ1n) is 4.51. The van der Waals surface area contributed by atoms with Gasteiger partial charge in [0.05, 0.1) is 5.41 Å².